The second-order valence-corrected chi connectivity index (χ2v) is 5.59. The fourth-order valence-corrected chi connectivity index (χ4v) is 2.25. The molecule has 1 atom stereocenters. The zero-order chi connectivity index (χ0) is 17.7. The lowest BCUT2D eigenvalue weighted by Gasteiger charge is -2.20. The molecule has 1 aromatic heterocycles. The Morgan fingerprint density at radius 3 is 2.67 bits per heavy atom. The second kappa shape index (κ2) is 7.67. The number of aliphatic hydroxyl groups excluding tert-OH is 1. The van der Waals surface area contributed by atoms with Gasteiger partial charge in [0.15, 0.2) is 5.76 Å². The second-order valence-electron chi connectivity index (χ2n) is 5.59. The molecular formula is C16H19F3N2O3. The molecule has 0 radical (unpaired) electrons. The van der Waals surface area contributed by atoms with E-state index >= 15 is 0 Å². The molecule has 0 fully saturated rings. The summed E-state index contributed by atoms with van der Waals surface area (Å²) in [5.74, 6) is 0.350. The van der Waals surface area contributed by atoms with Gasteiger partial charge in [-0.1, -0.05) is 17.3 Å². The van der Waals surface area contributed by atoms with Gasteiger partial charge in [-0.15, -0.1) is 0 Å². The van der Waals surface area contributed by atoms with Crippen molar-refractivity contribution in [1.82, 2.24) is 10.1 Å². The number of aliphatic hydroxyl groups is 1. The first kappa shape index (κ1) is 18.3. The third-order valence-electron chi connectivity index (χ3n) is 3.25. The molecule has 2 aromatic rings. The van der Waals surface area contributed by atoms with E-state index in [9.17, 15) is 18.3 Å². The van der Waals surface area contributed by atoms with Gasteiger partial charge in [-0.2, -0.15) is 13.2 Å². The Bertz CT molecular complexity index is 658. The van der Waals surface area contributed by atoms with E-state index in [-0.39, 0.29) is 18.9 Å². The average molecular weight is 344 g/mol. The summed E-state index contributed by atoms with van der Waals surface area (Å²) in [4.78, 5) is 1.77. The summed E-state index contributed by atoms with van der Waals surface area (Å²) in [6.07, 6.45) is -5.44. The van der Waals surface area contributed by atoms with Gasteiger partial charge in [-0.25, -0.2) is 0 Å². The minimum atomic E-state index is -4.50. The predicted octanol–water partition coefficient (Wildman–Crippen LogP) is 2.87. The molecule has 0 spiro atoms. The van der Waals surface area contributed by atoms with Crippen molar-refractivity contribution in [3.05, 3.63) is 47.3 Å². The number of para-hydroxylation sites is 1. The Hall–Kier alpha value is -2.06. The first-order valence-corrected chi connectivity index (χ1v) is 7.33. The van der Waals surface area contributed by atoms with Crippen LogP contribution in [0.2, 0.25) is 0 Å². The standard InChI is InChI=1S/C16H19F3N2O3/c1-11-7-13(24-20-11)9-21(2)8-12(22)10-23-15-6-4-3-5-14(15)16(17,18)19/h3-7,12,22H,8-10H2,1-2H3. The molecule has 0 saturated carbocycles. The monoisotopic (exact) mass is 344 g/mol. The van der Waals surface area contributed by atoms with E-state index in [4.69, 9.17) is 9.26 Å². The summed E-state index contributed by atoms with van der Waals surface area (Å²) in [5.41, 5.74) is -0.103. The van der Waals surface area contributed by atoms with Gasteiger partial charge in [-0.3, -0.25) is 4.90 Å². The number of nitrogens with zero attached hydrogens (tertiary/aromatic N) is 2. The molecule has 0 aliphatic carbocycles. The highest BCUT2D eigenvalue weighted by atomic mass is 19.4. The van der Waals surface area contributed by atoms with Gasteiger partial charge in [0.25, 0.3) is 0 Å². The van der Waals surface area contributed by atoms with Crippen LogP contribution in [0, 0.1) is 6.92 Å². The lowest BCUT2D eigenvalue weighted by molar-refractivity contribution is -0.139. The third-order valence-corrected chi connectivity index (χ3v) is 3.25. The van der Waals surface area contributed by atoms with Crippen LogP contribution >= 0.6 is 0 Å². The SMILES string of the molecule is Cc1cc(CN(C)CC(O)COc2ccccc2C(F)(F)F)on1. The van der Waals surface area contributed by atoms with Crippen molar-refractivity contribution in [3.8, 4) is 5.75 Å². The smallest absolute Gasteiger partial charge is 0.419 e. The van der Waals surface area contributed by atoms with E-state index in [1.807, 2.05) is 0 Å². The Kier molecular flexibility index (Phi) is 5.84. The normalized spacial score (nSPS) is 13.3. The molecule has 24 heavy (non-hydrogen) atoms. The van der Waals surface area contributed by atoms with Crippen molar-refractivity contribution >= 4 is 0 Å². The molecule has 1 unspecified atom stereocenters. The molecule has 132 valence electrons. The summed E-state index contributed by atoms with van der Waals surface area (Å²) in [5, 5.41) is 13.7. The molecule has 1 aromatic carbocycles. The number of aryl methyl sites for hydroxylation is 1. The van der Waals surface area contributed by atoms with E-state index in [1.54, 1.807) is 24.9 Å². The Labute approximate surface area is 137 Å². The molecule has 0 bridgehead atoms. The Morgan fingerprint density at radius 1 is 1.33 bits per heavy atom. The van der Waals surface area contributed by atoms with Gasteiger partial charge >= 0.3 is 6.18 Å². The summed E-state index contributed by atoms with van der Waals surface area (Å²) in [6, 6.07) is 6.70. The maximum Gasteiger partial charge on any atom is 0.419 e. The summed E-state index contributed by atoms with van der Waals surface area (Å²) >= 11 is 0. The molecule has 8 heteroatoms. The molecule has 1 N–H and O–H groups in total. The quantitative estimate of drug-likeness (QED) is 0.837. The first-order valence-electron chi connectivity index (χ1n) is 7.33. The Morgan fingerprint density at radius 2 is 2.04 bits per heavy atom. The summed E-state index contributed by atoms with van der Waals surface area (Å²) < 4.78 is 48.8. The van der Waals surface area contributed by atoms with Gasteiger partial charge in [0.05, 0.1) is 17.8 Å². The van der Waals surface area contributed by atoms with Crippen LogP contribution < -0.4 is 4.74 Å². The molecule has 0 aliphatic heterocycles. The van der Waals surface area contributed by atoms with Crippen LogP contribution in [0.4, 0.5) is 13.2 Å². The first-order chi connectivity index (χ1) is 11.3. The van der Waals surface area contributed by atoms with Crippen molar-refractivity contribution in [3.63, 3.8) is 0 Å². The number of benzene rings is 1. The molecule has 2 rings (SSSR count). The average Bonchev–Trinajstić information content (AvgIpc) is 2.89. The van der Waals surface area contributed by atoms with Crippen molar-refractivity contribution in [2.45, 2.75) is 25.7 Å². The fourth-order valence-electron chi connectivity index (χ4n) is 2.25. The van der Waals surface area contributed by atoms with Gasteiger partial charge < -0.3 is 14.4 Å². The van der Waals surface area contributed by atoms with Crippen molar-refractivity contribution < 1.29 is 27.5 Å². The third kappa shape index (κ3) is 5.24. The van der Waals surface area contributed by atoms with Crippen molar-refractivity contribution in [1.29, 1.82) is 0 Å². The highest BCUT2D eigenvalue weighted by Crippen LogP contribution is 2.35. The van der Waals surface area contributed by atoms with Crippen molar-refractivity contribution in [2.75, 3.05) is 20.2 Å². The number of likely N-dealkylation sites (N-methyl/N-ethyl adjacent to an activating group) is 1. The predicted molar refractivity (Wildman–Crippen MR) is 80.5 cm³/mol. The minimum absolute atomic E-state index is 0.216. The number of halogens is 3. The number of ether oxygens (including phenoxy) is 1. The summed E-state index contributed by atoms with van der Waals surface area (Å²) in [6.45, 7) is 2.20. The molecule has 5 nitrogen and oxygen atoms in total. The number of aromatic nitrogens is 1. The zero-order valence-corrected chi connectivity index (χ0v) is 13.4. The topological polar surface area (TPSA) is 58.7 Å². The van der Waals surface area contributed by atoms with E-state index in [0.29, 0.717) is 12.3 Å². The van der Waals surface area contributed by atoms with Crippen LogP contribution in [-0.2, 0) is 12.7 Å². The number of alkyl halides is 3. The van der Waals surface area contributed by atoms with Crippen LogP contribution in [0.25, 0.3) is 0 Å². The van der Waals surface area contributed by atoms with Crippen LogP contribution in [0.5, 0.6) is 5.75 Å². The Balaban J connectivity index is 1.86. The minimum Gasteiger partial charge on any atom is -0.490 e. The van der Waals surface area contributed by atoms with E-state index < -0.39 is 17.8 Å². The lowest BCUT2D eigenvalue weighted by Crippen LogP contribution is -2.33. The molecular weight excluding hydrogens is 325 g/mol. The van der Waals surface area contributed by atoms with E-state index in [0.717, 1.165) is 11.8 Å². The highest BCUT2D eigenvalue weighted by molar-refractivity contribution is 5.35. The van der Waals surface area contributed by atoms with Crippen LogP contribution in [0.3, 0.4) is 0 Å². The highest BCUT2D eigenvalue weighted by Gasteiger charge is 2.34. The van der Waals surface area contributed by atoms with Crippen LogP contribution in [-0.4, -0.2) is 41.5 Å². The van der Waals surface area contributed by atoms with Gasteiger partial charge in [0.1, 0.15) is 18.5 Å². The van der Waals surface area contributed by atoms with Gasteiger partial charge in [0.2, 0.25) is 0 Å². The molecule has 0 saturated heterocycles. The largest absolute Gasteiger partial charge is 0.490 e. The fraction of sp³-hybridized carbons (Fsp3) is 0.438. The summed E-state index contributed by atoms with van der Waals surface area (Å²) in [7, 11) is 1.75. The van der Waals surface area contributed by atoms with E-state index in [1.165, 1.54) is 18.2 Å². The number of rotatable bonds is 7. The van der Waals surface area contributed by atoms with E-state index in [2.05, 4.69) is 5.16 Å². The van der Waals surface area contributed by atoms with Gasteiger partial charge in [0, 0.05) is 12.6 Å². The van der Waals surface area contributed by atoms with Crippen LogP contribution in [0.15, 0.2) is 34.9 Å². The lowest BCUT2D eigenvalue weighted by atomic mass is 10.2. The van der Waals surface area contributed by atoms with Crippen molar-refractivity contribution in [2.24, 2.45) is 0 Å². The van der Waals surface area contributed by atoms with Gasteiger partial charge in [-0.05, 0) is 26.1 Å². The maximum absolute atomic E-state index is 12.9. The number of hydrogen-bond acceptors (Lipinski definition) is 5. The molecule has 1 heterocycles. The number of hydrogen-bond donors (Lipinski definition) is 1. The molecule has 0 aliphatic rings. The maximum atomic E-state index is 12.9. The molecule has 0 amide bonds. The zero-order valence-electron chi connectivity index (χ0n) is 13.4. The van der Waals surface area contributed by atoms with Crippen LogP contribution in [0.1, 0.15) is 17.0 Å².